The zero-order chi connectivity index (χ0) is 16.7. The second-order valence-corrected chi connectivity index (χ2v) is 12.5. The lowest BCUT2D eigenvalue weighted by Crippen LogP contribution is -2.44. The molecule has 0 aliphatic carbocycles. The summed E-state index contributed by atoms with van der Waals surface area (Å²) in [6.07, 6.45) is 0. The minimum absolute atomic E-state index is 0.00594. The zero-order valence-electron chi connectivity index (χ0n) is 13.7. The van der Waals surface area contributed by atoms with Gasteiger partial charge in [0.25, 0.3) is 8.32 Å². The van der Waals surface area contributed by atoms with Crippen LogP contribution in [0.25, 0.3) is 0 Å². The summed E-state index contributed by atoms with van der Waals surface area (Å²) in [7, 11) is -0.788. The van der Waals surface area contributed by atoms with Gasteiger partial charge in [0.15, 0.2) is 11.5 Å². The highest BCUT2D eigenvalue weighted by Crippen LogP contribution is 2.48. The van der Waals surface area contributed by atoms with Gasteiger partial charge in [-0.15, -0.1) is 0 Å². The van der Waals surface area contributed by atoms with Crippen LogP contribution in [0.2, 0.25) is 18.1 Å². The molecular weight excluding hydrogens is 415 g/mol. The summed E-state index contributed by atoms with van der Waals surface area (Å²) < 4.78 is 23.0. The zero-order valence-corrected chi connectivity index (χ0v) is 16.9. The summed E-state index contributed by atoms with van der Waals surface area (Å²) in [5, 5.41) is -0.00594. The van der Waals surface area contributed by atoms with Gasteiger partial charge in [-0.1, -0.05) is 20.8 Å². The van der Waals surface area contributed by atoms with E-state index in [0.29, 0.717) is 22.8 Å². The van der Waals surface area contributed by atoms with E-state index in [1.54, 1.807) is 6.07 Å². The molecule has 0 bridgehead atoms. The number of benzene rings is 1. The van der Waals surface area contributed by atoms with Crippen LogP contribution in [0, 0.1) is 3.57 Å². The molecule has 0 saturated carbocycles. The van der Waals surface area contributed by atoms with E-state index in [4.69, 9.17) is 18.6 Å². The van der Waals surface area contributed by atoms with Crippen LogP contribution >= 0.6 is 22.6 Å². The minimum Gasteiger partial charge on any atom is -0.540 e. The van der Waals surface area contributed by atoms with E-state index >= 15 is 0 Å². The molecular formula is C15H21IO5Si. The van der Waals surface area contributed by atoms with E-state index in [0.717, 1.165) is 3.57 Å². The molecule has 0 unspecified atom stereocenters. The second kappa shape index (κ2) is 5.92. The van der Waals surface area contributed by atoms with E-state index in [2.05, 4.69) is 56.5 Å². The molecule has 0 spiro atoms. The molecule has 2 rings (SSSR count). The summed E-state index contributed by atoms with van der Waals surface area (Å²) in [5.74, 6) is 1.10. The van der Waals surface area contributed by atoms with Gasteiger partial charge < -0.3 is 18.6 Å². The van der Waals surface area contributed by atoms with Crippen molar-refractivity contribution < 1.29 is 23.4 Å². The number of fused-ring (bicyclic) bond motifs is 1. The van der Waals surface area contributed by atoms with Crippen LogP contribution in [0.1, 0.15) is 31.1 Å². The van der Waals surface area contributed by atoms with Gasteiger partial charge in [0, 0.05) is 3.57 Å². The van der Waals surface area contributed by atoms with Crippen LogP contribution in [0.3, 0.4) is 0 Å². The first-order chi connectivity index (χ1) is 10.1. The van der Waals surface area contributed by atoms with Crippen LogP contribution in [0.15, 0.2) is 6.07 Å². The third-order valence-electron chi connectivity index (χ3n) is 4.12. The fourth-order valence-electron chi connectivity index (χ4n) is 1.78. The quantitative estimate of drug-likeness (QED) is 0.404. The van der Waals surface area contributed by atoms with Crippen LogP contribution in [0.5, 0.6) is 17.2 Å². The highest BCUT2D eigenvalue weighted by molar-refractivity contribution is 14.1. The average molecular weight is 436 g/mol. The van der Waals surface area contributed by atoms with Gasteiger partial charge >= 0.3 is 5.97 Å². The molecule has 1 aliphatic heterocycles. The summed E-state index contributed by atoms with van der Waals surface area (Å²) in [6.45, 7) is 10.8. The third kappa shape index (κ3) is 3.05. The largest absolute Gasteiger partial charge is 0.540 e. The number of hydrogen-bond donors (Lipinski definition) is 0. The SMILES string of the molecule is COC(=O)c1c(I)cc2c(c1O[Si](C)(C)C(C)(C)C)OCO2. The second-order valence-electron chi connectivity index (χ2n) is 6.65. The Balaban J connectivity index is 2.60. The monoisotopic (exact) mass is 436 g/mol. The Morgan fingerprint density at radius 3 is 2.50 bits per heavy atom. The van der Waals surface area contributed by atoms with Crippen molar-refractivity contribution in [3.8, 4) is 17.2 Å². The van der Waals surface area contributed by atoms with E-state index in [-0.39, 0.29) is 11.8 Å². The molecule has 0 fully saturated rings. The van der Waals surface area contributed by atoms with Crippen LogP contribution < -0.4 is 13.9 Å². The molecule has 1 aromatic rings. The first-order valence-corrected chi connectivity index (χ1v) is 11.0. The first kappa shape index (κ1) is 17.4. The van der Waals surface area contributed by atoms with Crippen molar-refractivity contribution in [3.05, 3.63) is 15.2 Å². The Hall–Kier alpha value is -0.963. The standard InChI is InChI=1S/C15H21IO5Si/c1-15(2,3)22(5,6)21-13-11(14(17)18-4)9(16)7-10-12(13)20-8-19-10/h7H,8H2,1-6H3. The van der Waals surface area contributed by atoms with Crippen LogP contribution in [-0.2, 0) is 4.74 Å². The molecule has 0 atom stereocenters. The fourth-order valence-corrected chi connectivity index (χ4v) is 3.54. The van der Waals surface area contributed by atoms with Crippen molar-refractivity contribution in [1.82, 2.24) is 0 Å². The highest BCUT2D eigenvalue weighted by Gasteiger charge is 2.42. The molecule has 22 heavy (non-hydrogen) atoms. The van der Waals surface area contributed by atoms with Crippen molar-refractivity contribution in [1.29, 1.82) is 0 Å². The maximum atomic E-state index is 12.2. The predicted molar refractivity (Wildman–Crippen MR) is 94.4 cm³/mol. The number of esters is 1. The number of methoxy groups -OCH3 is 1. The Labute approximate surface area is 145 Å². The Morgan fingerprint density at radius 1 is 1.32 bits per heavy atom. The van der Waals surface area contributed by atoms with E-state index in [9.17, 15) is 4.79 Å². The molecule has 0 amide bonds. The van der Waals surface area contributed by atoms with E-state index < -0.39 is 14.3 Å². The molecule has 0 N–H and O–H groups in total. The predicted octanol–water partition coefficient (Wildman–Crippen LogP) is 4.19. The molecule has 0 saturated heterocycles. The molecule has 0 radical (unpaired) electrons. The average Bonchev–Trinajstić information content (AvgIpc) is 2.84. The van der Waals surface area contributed by atoms with Crippen molar-refractivity contribution in [2.75, 3.05) is 13.9 Å². The molecule has 1 aromatic carbocycles. The van der Waals surface area contributed by atoms with Crippen molar-refractivity contribution in [3.63, 3.8) is 0 Å². The molecule has 1 heterocycles. The summed E-state index contributed by atoms with van der Waals surface area (Å²) in [6, 6.07) is 1.77. The number of halogens is 1. The molecule has 122 valence electrons. The number of ether oxygens (including phenoxy) is 3. The van der Waals surface area contributed by atoms with Gasteiger partial charge in [0.2, 0.25) is 12.5 Å². The maximum absolute atomic E-state index is 12.2. The Morgan fingerprint density at radius 2 is 1.95 bits per heavy atom. The number of hydrogen-bond acceptors (Lipinski definition) is 5. The summed E-state index contributed by atoms with van der Waals surface area (Å²) in [5.41, 5.74) is 0.400. The van der Waals surface area contributed by atoms with Crippen LogP contribution in [0.4, 0.5) is 0 Å². The summed E-state index contributed by atoms with van der Waals surface area (Å²) in [4.78, 5) is 12.2. The number of carbonyl (C=O) groups excluding carboxylic acids is 1. The summed E-state index contributed by atoms with van der Waals surface area (Å²) >= 11 is 2.09. The smallest absolute Gasteiger partial charge is 0.342 e. The molecule has 7 heteroatoms. The van der Waals surface area contributed by atoms with Crippen molar-refractivity contribution >= 4 is 36.9 Å². The van der Waals surface area contributed by atoms with Crippen LogP contribution in [-0.4, -0.2) is 28.2 Å². The topological polar surface area (TPSA) is 54.0 Å². The van der Waals surface area contributed by atoms with Crippen molar-refractivity contribution in [2.24, 2.45) is 0 Å². The molecule has 1 aliphatic rings. The normalized spacial score (nSPS) is 14.0. The van der Waals surface area contributed by atoms with Gasteiger partial charge in [0.05, 0.1) is 7.11 Å². The Bertz CT molecular complexity index is 607. The van der Waals surface area contributed by atoms with Gasteiger partial charge in [-0.3, -0.25) is 0 Å². The number of carbonyl (C=O) groups is 1. The molecule has 0 aromatic heterocycles. The lowest BCUT2D eigenvalue weighted by atomic mass is 10.2. The van der Waals surface area contributed by atoms with Gasteiger partial charge in [0.1, 0.15) is 5.56 Å². The minimum atomic E-state index is -2.15. The lowest BCUT2D eigenvalue weighted by molar-refractivity contribution is 0.0596. The van der Waals surface area contributed by atoms with Gasteiger partial charge in [-0.05, 0) is 46.8 Å². The van der Waals surface area contributed by atoms with Gasteiger partial charge in [-0.2, -0.15) is 0 Å². The van der Waals surface area contributed by atoms with Gasteiger partial charge in [-0.25, -0.2) is 4.79 Å². The lowest BCUT2D eigenvalue weighted by Gasteiger charge is -2.37. The van der Waals surface area contributed by atoms with E-state index in [1.165, 1.54) is 7.11 Å². The van der Waals surface area contributed by atoms with Crippen molar-refractivity contribution in [2.45, 2.75) is 38.9 Å². The highest BCUT2D eigenvalue weighted by atomic mass is 127. The molecule has 5 nitrogen and oxygen atoms in total. The Kier molecular flexibility index (Phi) is 4.68. The number of rotatable bonds is 3. The first-order valence-electron chi connectivity index (χ1n) is 6.98. The van der Waals surface area contributed by atoms with E-state index in [1.807, 2.05) is 0 Å². The fraction of sp³-hybridized carbons (Fsp3) is 0.533. The maximum Gasteiger partial charge on any atom is 0.342 e. The third-order valence-corrected chi connectivity index (χ3v) is 9.30.